The van der Waals surface area contributed by atoms with Crippen molar-refractivity contribution in [3.8, 4) is 0 Å². The van der Waals surface area contributed by atoms with E-state index in [2.05, 4.69) is 4.98 Å². The van der Waals surface area contributed by atoms with Crippen LogP contribution >= 0.6 is 0 Å². The molecule has 6 nitrogen and oxygen atoms in total. The molecular formula is C19H22N2O4. The number of aliphatic hydroxyl groups excluding tert-OH is 1. The predicted octanol–water partition coefficient (Wildman–Crippen LogP) is 1.53. The third-order valence-electron chi connectivity index (χ3n) is 6.05. The monoisotopic (exact) mass is 342 g/mol. The molecule has 2 aromatic rings. The molecule has 6 heteroatoms. The number of piperidine rings is 1. The summed E-state index contributed by atoms with van der Waals surface area (Å²) < 4.78 is 5.50. The van der Waals surface area contributed by atoms with Gasteiger partial charge in [-0.3, -0.25) is 9.59 Å². The van der Waals surface area contributed by atoms with Gasteiger partial charge in [0.15, 0.2) is 0 Å². The van der Waals surface area contributed by atoms with Gasteiger partial charge < -0.3 is 19.7 Å². The second kappa shape index (κ2) is 5.97. The zero-order valence-corrected chi connectivity index (χ0v) is 14.2. The minimum Gasteiger partial charge on any atom is -0.392 e. The number of likely N-dealkylation sites (tertiary alicyclic amines) is 1. The number of aliphatic hydroxyl groups is 1. The Labute approximate surface area is 145 Å². The second-order valence-electron chi connectivity index (χ2n) is 7.08. The summed E-state index contributed by atoms with van der Waals surface area (Å²) in [6.45, 7) is 1.17. The second-order valence-corrected chi connectivity index (χ2v) is 7.08. The molecule has 1 spiro atoms. The van der Waals surface area contributed by atoms with Crippen LogP contribution in [-0.4, -0.2) is 53.3 Å². The Morgan fingerprint density at radius 3 is 2.60 bits per heavy atom. The molecule has 25 heavy (non-hydrogen) atoms. The zero-order chi connectivity index (χ0) is 17.6. The maximum Gasteiger partial charge on any atom is 0.255 e. The van der Waals surface area contributed by atoms with Gasteiger partial charge in [0, 0.05) is 49.0 Å². The lowest BCUT2D eigenvalue weighted by molar-refractivity contribution is -0.199. The van der Waals surface area contributed by atoms with E-state index in [9.17, 15) is 14.7 Å². The third kappa shape index (κ3) is 2.40. The van der Waals surface area contributed by atoms with Crippen LogP contribution in [0, 0.1) is 5.41 Å². The van der Waals surface area contributed by atoms with E-state index in [0.717, 1.165) is 12.8 Å². The van der Waals surface area contributed by atoms with Crippen LogP contribution in [0.1, 0.15) is 29.6 Å². The van der Waals surface area contributed by atoms with Gasteiger partial charge in [-0.15, -0.1) is 0 Å². The summed E-state index contributed by atoms with van der Waals surface area (Å²) in [5.41, 5.74) is 0.118. The molecule has 1 aromatic heterocycles. The first-order valence-electron chi connectivity index (χ1n) is 8.67. The summed E-state index contributed by atoms with van der Waals surface area (Å²) in [5, 5.41) is 11.4. The SMILES string of the molecule is CO[C@H]1C[C@@H](O)C12CCN(C(=O)c1c[nH]c(=O)c3ccccc13)CC2. The van der Waals surface area contributed by atoms with Crippen molar-refractivity contribution in [2.24, 2.45) is 5.41 Å². The van der Waals surface area contributed by atoms with E-state index in [1.165, 1.54) is 6.20 Å². The van der Waals surface area contributed by atoms with Gasteiger partial charge in [-0.05, 0) is 18.9 Å². The number of H-pyrrole nitrogens is 1. The van der Waals surface area contributed by atoms with E-state index in [-0.39, 0.29) is 29.1 Å². The molecule has 4 rings (SSSR count). The van der Waals surface area contributed by atoms with Crippen molar-refractivity contribution in [3.05, 3.63) is 46.4 Å². The van der Waals surface area contributed by atoms with E-state index >= 15 is 0 Å². The van der Waals surface area contributed by atoms with Crippen molar-refractivity contribution in [2.45, 2.75) is 31.5 Å². The Morgan fingerprint density at radius 2 is 1.96 bits per heavy atom. The zero-order valence-electron chi connectivity index (χ0n) is 14.2. The number of aromatic amines is 1. The van der Waals surface area contributed by atoms with Gasteiger partial charge in [0.1, 0.15) is 0 Å². The van der Waals surface area contributed by atoms with E-state index in [1.807, 2.05) is 11.0 Å². The van der Waals surface area contributed by atoms with Crippen LogP contribution in [0.4, 0.5) is 0 Å². The molecule has 1 amide bonds. The first-order valence-corrected chi connectivity index (χ1v) is 8.67. The Balaban J connectivity index is 1.58. The van der Waals surface area contributed by atoms with Crippen LogP contribution in [0.3, 0.4) is 0 Å². The molecular weight excluding hydrogens is 320 g/mol. The first-order chi connectivity index (χ1) is 12.1. The number of rotatable bonds is 2. The number of benzene rings is 1. The maximum absolute atomic E-state index is 13.0. The van der Waals surface area contributed by atoms with Gasteiger partial charge in [-0.1, -0.05) is 18.2 Å². The topological polar surface area (TPSA) is 82.6 Å². The Hall–Kier alpha value is -2.18. The first kappa shape index (κ1) is 16.3. The number of pyridine rings is 1. The Kier molecular flexibility index (Phi) is 3.89. The molecule has 2 N–H and O–H groups in total. The van der Waals surface area contributed by atoms with Gasteiger partial charge in [0.25, 0.3) is 11.5 Å². The summed E-state index contributed by atoms with van der Waals surface area (Å²) in [4.78, 5) is 29.4. The molecule has 1 saturated heterocycles. The van der Waals surface area contributed by atoms with Gasteiger partial charge >= 0.3 is 0 Å². The van der Waals surface area contributed by atoms with E-state index in [4.69, 9.17) is 4.74 Å². The molecule has 2 fully saturated rings. The van der Waals surface area contributed by atoms with E-state index in [1.54, 1.807) is 25.3 Å². The fourth-order valence-corrected chi connectivity index (χ4v) is 4.40. The summed E-state index contributed by atoms with van der Waals surface area (Å²) >= 11 is 0. The number of aromatic nitrogens is 1. The average molecular weight is 342 g/mol. The number of fused-ring (bicyclic) bond motifs is 1. The number of nitrogens with zero attached hydrogens (tertiary/aromatic N) is 1. The van der Waals surface area contributed by atoms with Crippen LogP contribution in [0.2, 0.25) is 0 Å². The molecule has 0 bridgehead atoms. The van der Waals surface area contributed by atoms with Gasteiger partial charge in [-0.2, -0.15) is 0 Å². The number of carbonyl (C=O) groups excluding carboxylic acids is 1. The number of carbonyl (C=O) groups is 1. The fraction of sp³-hybridized carbons (Fsp3) is 0.474. The molecule has 132 valence electrons. The molecule has 2 aliphatic rings. The molecule has 2 atom stereocenters. The number of hydrogen-bond donors (Lipinski definition) is 2. The van der Waals surface area contributed by atoms with Crippen molar-refractivity contribution in [1.29, 1.82) is 0 Å². The molecule has 1 saturated carbocycles. The van der Waals surface area contributed by atoms with Crippen LogP contribution < -0.4 is 5.56 Å². The predicted molar refractivity (Wildman–Crippen MR) is 93.6 cm³/mol. The number of amides is 1. The lowest BCUT2D eigenvalue weighted by atomic mass is 9.58. The summed E-state index contributed by atoms with van der Waals surface area (Å²) in [7, 11) is 1.68. The number of ether oxygens (including phenoxy) is 1. The number of methoxy groups -OCH3 is 1. The van der Waals surface area contributed by atoms with E-state index in [0.29, 0.717) is 35.8 Å². The van der Waals surface area contributed by atoms with Crippen molar-refractivity contribution in [1.82, 2.24) is 9.88 Å². The maximum atomic E-state index is 13.0. The quantitative estimate of drug-likeness (QED) is 0.867. The summed E-state index contributed by atoms with van der Waals surface area (Å²) in [5.74, 6) is -0.0786. The highest BCUT2D eigenvalue weighted by molar-refractivity contribution is 6.06. The standard InChI is InChI=1S/C19H22N2O4/c1-25-16-10-15(22)19(16)6-8-21(9-7-19)18(24)14-11-20-17(23)13-5-3-2-4-12(13)14/h2-5,11,15-16,22H,6-10H2,1H3,(H,20,23)/t15-,16+/m1/s1. The fourth-order valence-electron chi connectivity index (χ4n) is 4.40. The van der Waals surface area contributed by atoms with Gasteiger partial charge in [0.2, 0.25) is 0 Å². The minimum absolute atomic E-state index is 0.0775. The number of hydrogen-bond acceptors (Lipinski definition) is 4. The Morgan fingerprint density at radius 1 is 1.28 bits per heavy atom. The third-order valence-corrected chi connectivity index (χ3v) is 6.05. The lowest BCUT2D eigenvalue weighted by Crippen LogP contribution is -2.62. The van der Waals surface area contributed by atoms with Crippen molar-refractivity contribution in [2.75, 3.05) is 20.2 Å². The van der Waals surface area contributed by atoms with Crippen LogP contribution in [0.5, 0.6) is 0 Å². The largest absolute Gasteiger partial charge is 0.392 e. The van der Waals surface area contributed by atoms with Crippen LogP contribution in [0.15, 0.2) is 35.3 Å². The molecule has 0 unspecified atom stereocenters. The molecule has 1 aromatic carbocycles. The van der Waals surface area contributed by atoms with Gasteiger partial charge in [0.05, 0.1) is 17.8 Å². The van der Waals surface area contributed by atoms with Crippen LogP contribution in [0.25, 0.3) is 10.8 Å². The highest BCUT2D eigenvalue weighted by Gasteiger charge is 2.56. The highest BCUT2D eigenvalue weighted by Crippen LogP contribution is 2.50. The van der Waals surface area contributed by atoms with Gasteiger partial charge in [-0.25, -0.2) is 0 Å². The normalized spacial score (nSPS) is 25.1. The van der Waals surface area contributed by atoms with Crippen molar-refractivity contribution < 1.29 is 14.6 Å². The summed E-state index contributed by atoms with van der Waals surface area (Å²) in [6.07, 6.45) is 3.39. The smallest absolute Gasteiger partial charge is 0.255 e. The number of nitrogens with one attached hydrogen (secondary N) is 1. The average Bonchev–Trinajstić information content (AvgIpc) is 2.66. The molecule has 1 aliphatic carbocycles. The lowest BCUT2D eigenvalue weighted by Gasteiger charge is -2.56. The highest BCUT2D eigenvalue weighted by atomic mass is 16.5. The minimum atomic E-state index is -0.344. The molecule has 1 aliphatic heterocycles. The summed E-state index contributed by atoms with van der Waals surface area (Å²) in [6, 6.07) is 7.15. The molecule has 0 radical (unpaired) electrons. The Bertz CT molecular complexity index is 867. The van der Waals surface area contributed by atoms with E-state index < -0.39 is 0 Å². The van der Waals surface area contributed by atoms with Crippen molar-refractivity contribution in [3.63, 3.8) is 0 Å². The molecule has 2 heterocycles. The van der Waals surface area contributed by atoms with Crippen LogP contribution in [-0.2, 0) is 4.74 Å². The van der Waals surface area contributed by atoms with Crippen molar-refractivity contribution >= 4 is 16.7 Å².